The molecule has 3 heterocycles. The highest BCUT2D eigenvalue weighted by Crippen LogP contribution is 2.40. The fourth-order valence-corrected chi connectivity index (χ4v) is 5.00. The average molecular weight is 440 g/mol. The monoisotopic (exact) mass is 439 g/mol. The highest BCUT2D eigenvalue weighted by molar-refractivity contribution is 8.01. The SMILES string of the molecule is COc1ccc2c(C(=O)C3CSN(c4cccnc4)C3C(=O)OC(C)(C)C)c[nH]c2c1. The van der Waals surface area contributed by atoms with Crippen LogP contribution in [0, 0.1) is 5.92 Å². The number of hydrogen-bond acceptors (Lipinski definition) is 7. The molecule has 31 heavy (non-hydrogen) atoms. The Kier molecular flexibility index (Phi) is 5.66. The molecule has 0 bridgehead atoms. The van der Waals surface area contributed by atoms with Gasteiger partial charge in [0.25, 0.3) is 0 Å². The quantitative estimate of drug-likeness (QED) is 0.361. The lowest BCUT2D eigenvalue weighted by atomic mass is 9.91. The van der Waals surface area contributed by atoms with E-state index in [4.69, 9.17) is 9.47 Å². The van der Waals surface area contributed by atoms with Crippen LogP contribution in [0.2, 0.25) is 0 Å². The van der Waals surface area contributed by atoms with Gasteiger partial charge in [-0.2, -0.15) is 0 Å². The summed E-state index contributed by atoms with van der Waals surface area (Å²) in [5.41, 5.74) is 1.48. The standard InChI is InChI=1S/C23H25N3O4S/c1-23(2,3)30-22(28)20-18(13-31-26(20)14-6-5-9-24-11-14)21(27)17-12-25-19-10-15(29-4)7-8-16(17)19/h5-12,18,20,25H,13H2,1-4H3. The molecule has 162 valence electrons. The van der Waals surface area contributed by atoms with Crippen molar-refractivity contribution in [1.82, 2.24) is 9.97 Å². The Morgan fingerprint density at radius 1 is 1.26 bits per heavy atom. The first-order chi connectivity index (χ1) is 14.8. The van der Waals surface area contributed by atoms with Gasteiger partial charge < -0.3 is 14.5 Å². The van der Waals surface area contributed by atoms with Gasteiger partial charge in [0.2, 0.25) is 0 Å². The molecule has 0 aliphatic carbocycles. The summed E-state index contributed by atoms with van der Waals surface area (Å²) in [6.07, 6.45) is 5.07. The van der Waals surface area contributed by atoms with Crippen LogP contribution < -0.4 is 9.04 Å². The molecule has 0 spiro atoms. The molecule has 1 aliphatic rings. The van der Waals surface area contributed by atoms with Gasteiger partial charge in [-0.25, -0.2) is 4.79 Å². The van der Waals surface area contributed by atoms with Crippen LogP contribution in [0.5, 0.6) is 5.75 Å². The van der Waals surface area contributed by atoms with E-state index >= 15 is 0 Å². The summed E-state index contributed by atoms with van der Waals surface area (Å²) in [4.78, 5) is 34.1. The maximum atomic E-state index is 13.6. The molecule has 3 aromatic rings. The first-order valence-corrected chi connectivity index (χ1v) is 11.0. The smallest absolute Gasteiger partial charge is 0.331 e. The first-order valence-electron chi connectivity index (χ1n) is 10.0. The van der Waals surface area contributed by atoms with E-state index in [0.29, 0.717) is 17.1 Å². The number of methoxy groups -OCH3 is 1. The zero-order chi connectivity index (χ0) is 22.2. The molecule has 2 aromatic heterocycles. The van der Waals surface area contributed by atoms with E-state index in [1.54, 1.807) is 25.7 Å². The third-order valence-corrected chi connectivity index (χ3v) is 6.29. The van der Waals surface area contributed by atoms with Crippen molar-refractivity contribution in [2.75, 3.05) is 17.2 Å². The van der Waals surface area contributed by atoms with Crippen LogP contribution >= 0.6 is 11.9 Å². The summed E-state index contributed by atoms with van der Waals surface area (Å²) in [5.74, 6) is 0.119. The molecule has 1 aromatic carbocycles. The molecule has 0 amide bonds. The molecule has 2 atom stereocenters. The average Bonchev–Trinajstić information content (AvgIpc) is 3.37. The molecule has 1 saturated heterocycles. The van der Waals surface area contributed by atoms with E-state index < -0.39 is 23.5 Å². The lowest BCUT2D eigenvalue weighted by molar-refractivity contribution is -0.156. The van der Waals surface area contributed by atoms with Crippen LogP contribution in [-0.4, -0.2) is 46.2 Å². The molecule has 0 saturated carbocycles. The van der Waals surface area contributed by atoms with Gasteiger partial charge in [-0.05, 0) is 57.0 Å². The molecule has 1 fully saturated rings. The van der Waals surface area contributed by atoms with Crippen LogP contribution in [0.4, 0.5) is 5.69 Å². The minimum Gasteiger partial charge on any atom is -0.497 e. The molecule has 1 N–H and O–H groups in total. The number of aromatic amines is 1. The number of H-pyrrole nitrogens is 1. The number of ketones is 1. The van der Waals surface area contributed by atoms with Crippen molar-refractivity contribution >= 4 is 40.3 Å². The van der Waals surface area contributed by atoms with Gasteiger partial charge in [0, 0.05) is 40.7 Å². The van der Waals surface area contributed by atoms with Crippen molar-refractivity contribution in [1.29, 1.82) is 0 Å². The molecule has 2 unspecified atom stereocenters. The fourth-order valence-electron chi connectivity index (χ4n) is 3.69. The molecular formula is C23H25N3O4S. The van der Waals surface area contributed by atoms with Crippen molar-refractivity contribution in [3.8, 4) is 5.75 Å². The van der Waals surface area contributed by atoms with E-state index in [-0.39, 0.29) is 5.78 Å². The van der Waals surface area contributed by atoms with E-state index in [1.807, 2.05) is 55.4 Å². The highest BCUT2D eigenvalue weighted by Gasteiger charge is 2.47. The predicted molar refractivity (Wildman–Crippen MR) is 121 cm³/mol. The summed E-state index contributed by atoms with van der Waals surface area (Å²) in [6.45, 7) is 5.47. The number of nitrogens with one attached hydrogen (secondary N) is 1. The lowest BCUT2D eigenvalue weighted by Gasteiger charge is -2.29. The largest absolute Gasteiger partial charge is 0.497 e. The second-order valence-electron chi connectivity index (χ2n) is 8.40. The normalized spacial score (nSPS) is 18.9. The van der Waals surface area contributed by atoms with E-state index in [0.717, 1.165) is 16.6 Å². The van der Waals surface area contributed by atoms with Crippen LogP contribution in [-0.2, 0) is 9.53 Å². The summed E-state index contributed by atoms with van der Waals surface area (Å²) < 4.78 is 12.8. The molecule has 0 radical (unpaired) electrons. The number of carbonyl (C=O) groups excluding carboxylic acids is 2. The Labute approximate surface area is 185 Å². The molecule has 1 aliphatic heterocycles. The van der Waals surface area contributed by atoms with Gasteiger partial charge >= 0.3 is 5.97 Å². The number of anilines is 1. The maximum Gasteiger partial charge on any atom is 0.331 e. The van der Waals surface area contributed by atoms with Crippen LogP contribution in [0.1, 0.15) is 31.1 Å². The number of carbonyl (C=O) groups is 2. The number of hydrogen-bond donors (Lipinski definition) is 1. The second kappa shape index (κ2) is 8.26. The highest BCUT2D eigenvalue weighted by atomic mass is 32.2. The number of nitrogens with zero attached hydrogens (tertiary/aromatic N) is 2. The maximum absolute atomic E-state index is 13.6. The van der Waals surface area contributed by atoms with Crippen LogP contribution in [0.15, 0.2) is 48.9 Å². The van der Waals surface area contributed by atoms with Gasteiger partial charge in [-0.1, -0.05) is 0 Å². The van der Waals surface area contributed by atoms with E-state index in [1.165, 1.54) is 11.9 Å². The van der Waals surface area contributed by atoms with Crippen LogP contribution in [0.3, 0.4) is 0 Å². The Hall–Kier alpha value is -3.00. The number of Topliss-reactive ketones (excluding diaryl/α,β-unsaturated/α-hetero) is 1. The van der Waals surface area contributed by atoms with E-state index in [2.05, 4.69) is 9.97 Å². The Morgan fingerprint density at radius 3 is 2.74 bits per heavy atom. The minimum absolute atomic E-state index is 0.0915. The van der Waals surface area contributed by atoms with Gasteiger partial charge in [0.15, 0.2) is 5.78 Å². The van der Waals surface area contributed by atoms with Gasteiger partial charge in [0.05, 0.1) is 24.9 Å². The zero-order valence-electron chi connectivity index (χ0n) is 17.9. The lowest BCUT2D eigenvalue weighted by Crippen LogP contribution is -2.44. The third-order valence-electron chi connectivity index (χ3n) is 5.07. The Balaban J connectivity index is 1.70. The number of aromatic nitrogens is 2. The Morgan fingerprint density at radius 2 is 2.06 bits per heavy atom. The number of rotatable bonds is 5. The summed E-state index contributed by atoms with van der Waals surface area (Å²) in [6, 6.07) is 8.48. The van der Waals surface area contributed by atoms with Crippen molar-refractivity contribution in [3.05, 3.63) is 54.5 Å². The second-order valence-corrected chi connectivity index (χ2v) is 9.38. The Bertz CT molecular complexity index is 1110. The zero-order valence-corrected chi connectivity index (χ0v) is 18.7. The number of esters is 1. The molecule has 7 nitrogen and oxygen atoms in total. The summed E-state index contributed by atoms with van der Waals surface area (Å²) in [5, 5.41) is 0.804. The number of pyridine rings is 1. The molecule has 4 rings (SSSR count). The van der Waals surface area contributed by atoms with Gasteiger partial charge in [0.1, 0.15) is 17.4 Å². The number of ether oxygens (including phenoxy) is 2. The summed E-state index contributed by atoms with van der Waals surface area (Å²) >= 11 is 1.44. The van der Waals surface area contributed by atoms with Crippen molar-refractivity contribution in [2.24, 2.45) is 5.92 Å². The first kappa shape index (κ1) is 21.2. The van der Waals surface area contributed by atoms with Crippen LogP contribution in [0.25, 0.3) is 10.9 Å². The number of benzene rings is 1. The van der Waals surface area contributed by atoms with Gasteiger partial charge in [-0.3, -0.25) is 14.1 Å². The predicted octanol–water partition coefficient (Wildman–Crippen LogP) is 4.25. The van der Waals surface area contributed by atoms with Crippen molar-refractivity contribution in [2.45, 2.75) is 32.4 Å². The summed E-state index contributed by atoms with van der Waals surface area (Å²) in [7, 11) is 1.60. The van der Waals surface area contributed by atoms with Crippen molar-refractivity contribution in [3.63, 3.8) is 0 Å². The van der Waals surface area contributed by atoms with E-state index in [9.17, 15) is 9.59 Å². The molecule has 8 heteroatoms. The minimum atomic E-state index is -0.746. The topological polar surface area (TPSA) is 84.5 Å². The third kappa shape index (κ3) is 4.25. The van der Waals surface area contributed by atoms with Gasteiger partial charge in [-0.15, -0.1) is 0 Å². The fraction of sp³-hybridized carbons (Fsp3) is 0.348. The molecular weight excluding hydrogens is 414 g/mol. The van der Waals surface area contributed by atoms with Crippen molar-refractivity contribution < 1.29 is 19.1 Å². The number of fused-ring (bicyclic) bond motifs is 1.